The van der Waals surface area contributed by atoms with Gasteiger partial charge < -0.3 is 4.23 Å². The molecule has 0 radical (unpaired) electrons. The van der Waals surface area contributed by atoms with Gasteiger partial charge >= 0.3 is 0 Å². The number of rotatable bonds is 2. The van der Waals surface area contributed by atoms with Gasteiger partial charge in [-0.05, 0) is 24.8 Å². The summed E-state index contributed by atoms with van der Waals surface area (Å²) in [6.07, 6.45) is 7.48. The zero-order valence-electron chi connectivity index (χ0n) is 8.14. The van der Waals surface area contributed by atoms with Crippen LogP contribution in [0, 0.1) is 5.92 Å². The number of hydrogen-bond acceptors (Lipinski definition) is 1. The lowest BCUT2D eigenvalue weighted by Crippen LogP contribution is -2.35. The van der Waals surface area contributed by atoms with Crippen molar-refractivity contribution in [3.05, 3.63) is 0 Å². The Bertz CT molecular complexity index is 111. The maximum absolute atomic E-state index is 2.63. The molecule has 11 heavy (non-hydrogen) atoms. The second-order valence-electron chi connectivity index (χ2n) is 4.10. The molecule has 0 saturated heterocycles. The summed E-state index contributed by atoms with van der Waals surface area (Å²) >= 11 is 0. The Morgan fingerprint density at radius 1 is 1.18 bits per heavy atom. The van der Waals surface area contributed by atoms with Crippen LogP contribution in [0.1, 0.15) is 39.0 Å². The fourth-order valence-electron chi connectivity index (χ4n) is 2.04. The predicted molar refractivity (Wildman–Crippen MR) is 57.8 cm³/mol. The maximum Gasteiger partial charge on any atom is 0.0700 e. The number of nitrogens with zero attached hydrogens (tertiary/aromatic N) is 1. The fraction of sp³-hybridized carbons (Fsp3) is 1.00. The minimum atomic E-state index is 0.911. The Morgan fingerprint density at radius 2 is 1.73 bits per heavy atom. The molecule has 0 spiro atoms. The molecule has 66 valence electrons. The topological polar surface area (TPSA) is 3.24 Å². The van der Waals surface area contributed by atoms with Gasteiger partial charge in [-0.2, -0.15) is 0 Å². The summed E-state index contributed by atoms with van der Waals surface area (Å²) in [5.74, 6) is 1.04. The van der Waals surface area contributed by atoms with E-state index in [9.17, 15) is 0 Å². The molecule has 1 rings (SSSR count). The summed E-state index contributed by atoms with van der Waals surface area (Å²) in [6, 6.07) is 0.911. The van der Waals surface area contributed by atoms with Crippen LogP contribution in [0.3, 0.4) is 0 Å². The van der Waals surface area contributed by atoms with Crippen LogP contribution in [0.5, 0.6) is 0 Å². The zero-order chi connectivity index (χ0) is 8.27. The van der Waals surface area contributed by atoms with Crippen molar-refractivity contribution in [3.8, 4) is 0 Å². The third kappa shape index (κ3) is 2.72. The van der Waals surface area contributed by atoms with Gasteiger partial charge in [0.05, 0.1) is 20.8 Å². The van der Waals surface area contributed by atoms with Crippen molar-refractivity contribution in [2.24, 2.45) is 5.92 Å². The van der Waals surface area contributed by atoms with E-state index in [0.717, 1.165) is 12.0 Å². The first-order valence-electron chi connectivity index (χ1n) is 4.88. The standard InChI is InChI=1S/C8H21NSi2/c1-7(9(10)11)8-5-3-2-4-6-8/h7-8H,2-6H2,1,10-11H3/t7-/m0/s1. The second kappa shape index (κ2) is 4.43. The van der Waals surface area contributed by atoms with Crippen LogP contribution in [-0.2, 0) is 0 Å². The van der Waals surface area contributed by atoms with Crippen molar-refractivity contribution in [2.45, 2.75) is 45.1 Å². The first-order valence-corrected chi connectivity index (χ1v) is 6.67. The Kier molecular flexibility index (Phi) is 3.82. The molecule has 0 amide bonds. The van der Waals surface area contributed by atoms with E-state index in [2.05, 4.69) is 11.2 Å². The second-order valence-corrected chi connectivity index (χ2v) is 8.71. The van der Waals surface area contributed by atoms with E-state index < -0.39 is 0 Å². The van der Waals surface area contributed by atoms with Crippen molar-refractivity contribution < 1.29 is 0 Å². The third-order valence-corrected chi connectivity index (χ3v) is 4.78. The molecule has 0 bridgehead atoms. The monoisotopic (exact) mass is 187 g/mol. The van der Waals surface area contributed by atoms with Crippen molar-refractivity contribution in [1.82, 2.24) is 4.23 Å². The third-order valence-electron chi connectivity index (χ3n) is 3.15. The van der Waals surface area contributed by atoms with E-state index in [0.29, 0.717) is 0 Å². The van der Waals surface area contributed by atoms with Crippen LogP contribution in [0.25, 0.3) is 0 Å². The lowest BCUT2D eigenvalue weighted by molar-refractivity contribution is 0.264. The molecule has 1 aliphatic rings. The normalized spacial score (nSPS) is 24.5. The van der Waals surface area contributed by atoms with Gasteiger partial charge in [0.15, 0.2) is 0 Å². The van der Waals surface area contributed by atoms with Gasteiger partial charge in [-0.1, -0.05) is 26.2 Å². The molecule has 1 nitrogen and oxygen atoms in total. The lowest BCUT2D eigenvalue weighted by Gasteiger charge is -2.32. The highest BCUT2D eigenvalue weighted by Crippen LogP contribution is 2.27. The van der Waals surface area contributed by atoms with Gasteiger partial charge in [-0.25, -0.2) is 0 Å². The molecule has 0 aromatic heterocycles. The van der Waals surface area contributed by atoms with Crippen LogP contribution < -0.4 is 0 Å². The molecule has 1 atom stereocenters. The summed E-state index contributed by atoms with van der Waals surface area (Å²) in [6.45, 7) is 2.43. The highest BCUT2D eigenvalue weighted by molar-refractivity contribution is 6.25. The van der Waals surface area contributed by atoms with E-state index >= 15 is 0 Å². The quantitative estimate of drug-likeness (QED) is 0.542. The van der Waals surface area contributed by atoms with Gasteiger partial charge in [-0.15, -0.1) is 0 Å². The number of hydrogen-bond donors (Lipinski definition) is 0. The SMILES string of the molecule is C[C@@H](C1CCCCC1)N([SiH3])[SiH3]. The summed E-state index contributed by atoms with van der Waals surface area (Å²) in [4.78, 5) is 0. The van der Waals surface area contributed by atoms with Crippen molar-refractivity contribution >= 4 is 20.8 Å². The summed E-state index contributed by atoms with van der Waals surface area (Å²) in [5.41, 5.74) is 0. The summed E-state index contributed by atoms with van der Waals surface area (Å²) < 4.78 is 2.63. The van der Waals surface area contributed by atoms with E-state index in [1.165, 1.54) is 52.9 Å². The molecule has 1 fully saturated rings. The average molecular weight is 187 g/mol. The van der Waals surface area contributed by atoms with E-state index in [1.807, 2.05) is 0 Å². The first kappa shape index (κ1) is 9.48. The van der Waals surface area contributed by atoms with E-state index in [-0.39, 0.29) is 0 Å². The lowest BCUT2D eigenvalue weighted by atomic mass is 9.85. The predicted octanol–water partition coefficient (Wildman–Crippen LogP) is -0.182. The maximum atomic E-state index is 2.63. The fourth-order valence-corrected chi connectivity index (χ4v) is 2.88. The summed E-state index contributed by atoms with van der Waals surface area (Å²) in [5, 5.41) is 0. The Hall–Kier alpha value is 0.394. The molecule has 1 aliphatic carbocycles. The van der Waals surface area contributed by atoms with Crippen LogP contribution >= 0.6 is 0 Å². The van der Waals surface area contributed by atoms with Crippen LogP contribution in [0.4, 0.5) is 0 Å². The minimum Gasteiger partial charge on any atom is -0.358 e. The molecule has 0 N–H and O–H groups in total. The summed E-state index contributed by atoms with van der Waals surface area (Å²) in [7, 11) is 2.56. The van der Waals surface area contributed by atoms with Gasteiger partial charge in [0.2, 0.25) is 0 Å². The van der Waals surface area contributed by atoms with Crippen LogP contribution in [-0.4, -0.2) is 31.1 Å². The highest BCUT2D eigenvalue weighted by atomic mass is 28.2. The minimum absolute atomic E-state index is 0.911. The zero-order valence-corrected chi connectivity index (χ0v) is 12.1. The molecule has 0 aromatic rings. The Morgan fingerprint density at radius 3 is 2.18 bits per heavy atom. The largest absolute Gasteiger partial charge is 0.358 e. The van der Waals surface area contributed by atoms with Crippen molar-refractivity contribution in [3.63, 3.8) is 0 Å². The Balaban J connectivity index is 2.32. The van der Waals surface area contributed by atoms with Crippen molar-refractivity contribution in [2.75, 3.05) is 0 Å². The smallest absolute Gasteiger partial charge is 0.0700 e. The first-order chi connectivity index (χ1) is 5.22. The molecule has 1 saturated carbocycles. The van der Waals surface area contributed by atoms with E-state index in [4.69, 9.17) is 0 Å². The van der Waals surface area contributed by atoms with E-state index in [1.54, 1.807) is 0 Å². The van der Waals surface area contributed by atoms with Crippen molar-refractivity contribution in [1.29, 1.82) is 0 Å². The molecule has 0 unspecified atom stereocenters. The Labute approximate surface area is 76.5 Å². The molecule has 0 aliphatic heterocycles. The molecular weight excluding hydrogens is 166 g/mol. The highest BCUT2D eigenvalue weighted by Gasteiger charge is 2.20. The van der Waals surface area contributed by atoms with Gasteiger partial charge in [-0.3, -0.25) is 0 Å². The molecular formula is C8H21NSi2. The van der Waals surface area contributed by atoms with Gasteiger partial charge in [0.25, 0.3) is 0 Å². The van der Waals surface area contributed by atoms with Crippen LogP contribution in [0.2, 0.25) is 0 Å². The van der Waals surface area contributed by atoms with Gasteiger partial charge in [0, 0.05) is 0 Å². The molecule has 0 heterocycles. The molecule has 0 aromatic carbocycles. The molecule has 3 heteroatoms. The van der Waals surface area contributed by atoms with Gasteiger partial charge in [0.1, 0.15) is 0 Å². The van der Waals surface area contributed by atoms with Crippen LogP contribution in [0.15, 0.2) is 0 Å². The average Bonchev–Trinajstić information content (AvgIpc) is 2.05.